The molecule has 4 nitrogen and oxygen atoms in total. The maximum Gasteiger partial charge on any atom is 0.418 e. The molecule has 0 spiro atoms. The van der Waals surface area contributed by atoms with Gasteiger partial charge in [0.15, 0.2) is 0 Å². The predicted octanol–water partition coefficient (Wildman–Crippen LogP) is 8.12. The van der Waals surface area contributed by atoms with Crippen LogP contribution in [0.5, 0.6) is 5.75 Å². The second kappa shape index (κ2) is 9.94. The summed E-state index contributed by atoms with van der Waals surface area (Å²) in [5.41, 5.74) is 1.82. The maximum absolute atomic E-state index is 14.7. The van der Waals surface area contributed by atoms with Crippen molar-refractivity contribution < 1.29 is 27.4 Å². The number of ether oxygens (including phenoxy) is 1. The van der Waals surface area contributed by atoms with E-state index in [-0.39, 0.29) is 28.0 Å². The van der Waals surface area contributed by atoms with Crippen LogP contribution in [-0.4, -0.2) is 14.9 Å². The summed E-state index contributed by atoms with van der Waals surface area (Å²) in [6.45, 7) is -0.112. The van der Waals surface area contributed by atoms with Crippen molar-refractivity contribution >= 4 is 22.5 Å². The molecule has 4 aromatic carbocycles. The van der Waals surface area contributed by atoms with Gasteiger partial charge in [-0.15, -0.1) is 0 Å². The van der Waals surface area contributed by atoms with E-state index in [2.05, 4.69) is 5.10 Å². The first kappa shape index (κ1) is 26.3. The van der Waals surface area contributed by atoms with Crippen molar-refractivity contribution in [2.75, 3.05) is 0 Å². The first-order valence-electron chi connectivity index (χ1n) is 12.7. The van der Waals surface area contributed by atoms with Crippen molar-refractivity contribution in [3.05, 3.63) is 118 Å². The standard InChI is InChI=1S/C31H23ClF4N2O2/c32-22-13-10-21(27(33)17-22)18-38-29(24-7-3-9-26(28(24)37-38)31(34,35)36)20-11-14-23(15-12-20)40-30(39)16-4-6-19-5-1-2-8-25(19)30/h1-3,5,7-15,17,39H,4,6,16,18H2. The van der Waals surface area contributed by atoms with E-state index in [0.29, 0.717) is 23.4 Å². The monoisotopic (exact) mass is 566 g/mol. The molecule has 6 rings (SSSR count). The molecule has 40 heavy (non-hydrogen) atoms. The molecule has 1 aromatic heterocycles. The molecule has 1 N–H and O–H groups in total. The molecule has 1 unspecified atom stereocenters. The summed E-state index contributed by atoms with van der Waals surface area (Å²) in [7, 11) is 0. The lowest BCUT2D eigenvalue weighted by molar-refractivity contribution is -0.156. The number of hydrogen-bond acceptors (Lipinski definition) is 3. The van der Waals surface area contributed by atoms with Crippen LogP contribution in [0.3, 0.4) is 0 Å². The van der Waals surface area contributed by atoms with Crippen LogP contribution in [0, 0.1) is 5.82 Å². The van der Waals surface area contributed by atoms with Gasteiger partial charge in [-0.25, -0.2) is 4.39 Å². The lowest BCUT2D eigenvalue weighted by Crippen LogP contribution is -2.36. The van der Waals surface area contributed by atoms with E-state index in [4.69, 9.17) is 16.3 Å². The summed E-state index contributed by atoms with van der Waals surface area (Å²) >= 11 is 5.89. The average molecular weight is 567 g/mol. The molecular formula is C31H23ClF4N2O2. The average Bonchev–Trinajstić information content (AvgIpc) is 3.28. The number of nitrogens with zero attached hydrogens (tertiary/aromatic N) is 2. The van der Waals surface area contributed by atoms with E-state index in [9.17, 15) is 22.7 Å². The topological polar surface area (TPSA) is 47.3 Å². The SMILES string of the molecule is OC1(Oc2ccc(-c3c4cccc(C(F)(F)F)c4nn3Cc3ccc(Cl)cc3F)cc2)CCCc2ccccc21. The van der Waals surface area contributed by atoms with Crippen molar-refractivity contribution in [2.24, 2.45) is 0 Å². The Kier molecular flexibility index (Phi) is 6.55. The quantitative estimate of drug-likeness (QED) is 0.173. The third kappa shape index (κ3) is 4.82. The van der Waals surface area contributed by atoms with E-state index in [1.165, 1.54) is 22.9 Å². The van der Waals surface area contributed by atoms with Crippen LogP contribution in [-0.2, 0) is 24.9 Å². The zero-order chi connectivity index (χ0) is 28.1. The largest absolute Gasteiger partial charge is 0.458 e. The molecular weight excluding hydrogens is 544 g/mol. The Bertz CT molecular complexity index is 1720. The molecule has 0 fully saturated rings. The normalized spacial score (nSPS) is 17.1. The first-order valence-corrected chi connectivity index (χ1v) is 13.1. The minimum absolute atomic E-state index is 0.112. The summed E-state index contributed by atoms with van der Waals surface area (Å²) in [6, 6.07) is 22.3. The molecule has 0 saturated heterocycles. The number of fused-ring (bicyclic) bond motifs is 2. The van der Waals surface area contributed by atoms with Crippen LogP contribution in [0.15, 0.2) is 84.9 Å². The number of rotatable bonds is 5. The second-order valence-corrected chi connectivity index (χ2v) is 10.3. The Morgan fingerprint density at radius 2 is 1.75 bits per heavy atom. The molecule has 1 atom stereocenters. The summed E-state index contributed by atoms with van der Waals surface area (Å²) in [4.78, 5) is 0. The van der Waals surface area contributed by atoms with Crippen LogP contribution < -0.4 is 4.74 Å². The fraction of sp³-hybridized carbons (Fsp3) is 0.194. The van der Waals surface area contributed by atoms with Gasteiger partial charge in [-0.05, 0) is 60.9 Å². The van der Waals surface area contributed by atoms with Crippen LogP contribution in [0.4, 0.5) is 17.6 Å². The Labute approximate surface area is 232 Å². The van der Waals surface area contributed by atoms with Crippen molar-refractivity contribution in [2.45, 2.75) is 37.8 Å². The van der Waals surface area contributed by atoms with E-state index in [0.717, 1.165) is 36.1 Å². The van der Waals surface area contributed by atoms with Crippen LogP contribution >= 0.6 is 11.6 Å². The molecule has 204 valence electrons. The maximum atomic E-state index is 14.7. The third-order valence-corrected chi connectivity index (χ3v) is 7.46. The molecule has 0 radical (unpaired) electrons. The lowest BCUT2D eigenvalue weighted by Gasteiger charge is -2.34. The molecule has 1 aliphatic carbocycles. The molecule has 1 aliphatic rings. The van der Waals surface area contributed by atoms with Crippen molar-refractivity contribution in [3.63, 3.8) is 0 Å². The summed E-state index contributed by atoms with van der Waals surface area (Å²) in [6.07, 6.45) is -2.58. The fourth-order valence-corrected chi connectivity index (χ4v) is 5.52. The molecule has 1 heterocycles. The van der Waals surface area contributed by atoms with Gasteiger partial charge in [-0.1, -0.05) is 54.1 Å². The van der Waals surface area contributed by atoms with Gasteiger partial charge in [0.1, 0.15) is 17.1 Å². The van der Waals surface area contributed by atoms with Gasteiger partial charge in [-0.3, -0.25) is 4.68 Å². The van der Waals surface area contributed by atoms with Crippen molar-refractivity contribution in [3.8, 4) is 17.0 Å². The predicted molar refractivity (Wildman–Crippen MR) is 145 cm³/mol. The highest BCUT2D eigenvalue weighted by molar-refractivity contribution is 6.30. The molecule has 0 amide bonds. The van der Waals surface area contributed by atoms with Crippen LogP contribution in [0.1, 0.15) is 35.1 Å². The number of aryl methyl sites for hydroxylation is 1. The minimum Gasteiger partial charge on any atom is -0.458 e. The number of benzene rings is 4. The van der Waals surface area contributed by atoms with E-state index >= 15 is 0 Å². The molecule has 0 aliphatic heterocycles. The first-order chi connectivity index (χ1) is 19.1. The number of halogens is 5. The van der Waals surface area contributed by atoms with E-state index in [1.54, 1.807) is 30.3 Å². The van der Waals surface area contributed by atoms with Crippen LogP contribution in [0.2, 0.25) is 5.02 Å². The minimum atomic E-state index is -4.62. The number of aromatic nitrogens is 2. The summed E-state index contributed by atoms with van der Waals surface area (Å²) in [5.74, 6) is -1.67. The Balaban J connectivity index is 1.41. The highest BCUT2D eigenvalue weighted by Gasteiger charge is 2.37. The highest BCUT2D eigenvalue weighted by atomic mass is 35.5. The van der Waals surface area contributed by atoms with Gasteiger partial charge in [0.2, 0.25) is 5.79 Å². The smallest absolute Gasteiger partial charge is 0.418 e. The molecule has 0 bridgehead atoms. The Morgan fingerprint density at radius 3 is 2.50 bits per heavy atom. The lowest BCUT2D eigenvalue weighted by atomic mass is 9.86. The van der Waals surface area contributed by atoms with Crippen LogP contribution in [0.25, 0.3) is 22.2 Å². The van der Waals surface area contributed by atoms with Crippen molar-refractivity contribution in [1.82, 2.24) is 9.78 Å². The molecule has 0 saturated carbocycles. The number of alkyl halides is 3. The third-order valence-electron chi connectivity index (χ3n) is 7.23. The van der Waals surface area contributed by atoms with Gasteiger partial charge < -0.3 is 9.84 Å². The fourth-order valence-electron chi connectivity index (χ4n) is 5.37. The molecule has 5 aromatic rings. The van der Waals surface area contributed by atoms with Crippen molar-refractivity contribution in [1.29, 1.82) is 0 Å². The number of aliphatic hydroxyl groups is 1. The summed E-state index contributed by atoms with van der Waals surface area (Å²) < 4.78 is 63.7. The highest BCUT2D eigenvalue weighted by Crippen LogP contribution is 2.40. The van der Waals surface area contributed by atoms with Gasteiger partial charge in [0.05, 0.1) is 17.8 Å². The Hall–Kier alpha value is -3.88. The molecule has 9 heteroatoms. The zero-order valence-electron chi connectivity index (χ0n) is 21.1. The zero-order valence-corrected chi connectivity index (χ0v) is 21.8. The van der Waals surface area contributed by atoms with Gasteiger partial charge >= 0.3 is 6.18 Å². The van der Waals surface area contributed by atoms with E-state index < -0.39 is 23.3 Å². The second-order valence-electron chi connectivity index (χ2n) is 9.86. The van der Waals surface area contributed by atoms with Gasteiger partial charge in [0.25, 0.3) is 0 Å². The summed E-state index contributed by atoms with van der Waals surface area (Å²) in [5, 5.41) is 16.1. The van der Waals surface area contributed by atoms with Gasteiger partial charge in [0, 0.05) is 33.5 Å². The van der Waals surface area contributed by atoms with Gasteiger partial charge in [-0.2, -0.15) is 18.3 Å². The van der Waals surface area contributed by atoms with E-state index in [1.807, 2.05) is 24.3 Å². The number of hydrogen-bond donors (Lipinski definition) is 1. The Morgan fingerprint density at radius 1 is 0.975 bits per heavy atom.